The molecule has 0 spiro atoms. The number of para-hydroxylation sites is 1. The van der Waals surface area contributed by atoms with Crippen LogP contribution in [-0.4, -0.2) is 27.5 Å². The summed E-state index contributed by atoms with van der Waals surface area (Å²) in [5, 5.41) is 5.46. The van der Waals surface area contributed by atoms with Gasteiger partial charge in [-0.3, -0.25) is 19.5 Å². The smallest absolute Gasteiger partial charge is 0.321 e. The molecule has 3 rings (SSSR count). The zero-order chi connectivity index (χ0) is 16.2. The van der Waals surface area contributed by atoms with Crippen molar-refractivity contribution in [1.29, 1.82) is 0 Å². The summed E-state index contributed by atoms with van der Waals surface area (Å²) in [7, 11) is 0. The highest BCUT2D eigenvalue weighted by Gasteiger charge is 2.18. The number of hydrogen-bond acceptors (Lipinski definition) is 4. The molecule has 0 aliphatic heterocycles. The summed E-state index contributed by atoms with van der Waals surface area (Å²) in [6.45, 7) is -0.241. The number of fused-ring (bicyclic) bond motifs is 1. The molecule has 7 nitrogen and oxygen atoms in total. The van der Waals surface area contributed by atoms with Gasteiger partial charge < -0.3 is 5.32 Å². The van der Waals surface area contributed by atoms with E-state index in [0.29, 0.717) is 10.9 Å². The molecule has 2 aromatic rings. The first-order valence-corrected chi connectivity index (χ1v) is 7.68. The van der Waals surface area contributed by atoms with Gasteiger partial charge in [0.1, 0.15) is 6.54 Å². The number of nitrogens with one attached hydrogen (secondary N) is 2. The average molecular weight is 314 g/mol. The van der Waals surface area contributed by atoms with Crippen molar-refractivity contribution in [2.45, 2.75) is 38.3 Å². The van der Waals surface area contributed by atoms with Crippen LogP contribution in [0.3, 0.4) is 0 Å². The molecule has 1 fully saturated rings. The maximum Gasteiger partial charge on any atom is 0.321 e. The van der Waals surface area contributed by atoms with Gasteiger partial charge in [0.25, 0.3) is 5.56 Å². The molecule has 1 aliphatic rings. The van der Waals surface area contributed by atoms with Crippen molar-refractivity contribution >= 4 is 22.8 Å². The Kier molecular flexibility index (Phi) is 4.36. The number of rotatable bonds is 3. The van der Waals surface area contributed by atoms with Crippen LogP contribution in [-0.2, 0) is 11.3 Å². The van der Waals surface area contributed by atoms with Crippen LogP contribution in [0, 0.1) is 0 Å². The van der Waals surface area contributed by atoms with Gasteiger partial charge in [0.2, 0.25) is 5.91 Å². The van der Waals surface area contributed by atoms with E-state index in [1.54, 1.807) is 24.3 Å². The summed E-state index contributed by atoms with van der Waals surface area (Å²) < 4.78 is 1.19. The zero-order valence-electron chi connectivity index (χ0n) is 12.6. The van der Waals surface area contributed by atoms with Gasteiger partial charge in [-0.2, -0.15) is 0 Å². The number of nitrogens with zero attached hydrogens (tertiary/aromatic N) is 2. The molecular weight excluding hydrogens is 296 g/mol. The van der Waals surface area contributed by atoms with Crippen molar-refractivity contribution in [2.75, 3.05) is 0 Å². The number of aromatic nitrogens is 2. The Morgan fingerprint density at radius 1 is 1.22 bits per heavy atom. The highest BCUT2D eigenvalue weighted by Crippen LogP contribution is 2.17. The lowest BCUT2D eigenvalue weighted by Gasteiger charge is -2.12. The number of hydrogen-bond donors (Lipinski definition) is 2. The Bertz CT molecular complexity index is 793. The third-order valence-electron chi connectivity index (χ3n) is 3.99. The number of carbonyl (C=O) groups excluding carboxylic acids is 2. The van der Waals surface area contributed by atoms with Crippen molar-refractivity contribution < 1.29 is 9.59 Å². The summed E-state index contributed by atoms with van der Waals surface area (Å²) in [6.07, 6.45) is 5.39. The van der Waals surface area contributed by atoms with E-state index in [9.17, 15) is 14.4 Å². The maximum atomic E-state index is 12.3. The summed E-state index contributed by atoms with van der Waals surface area (Å²) in [4.78, 5) is 40.1. The highest BCUT2D eigenvalue weighted by molar-refractivity contribution is 5.94. The monoisotopic (exact) mass is 314 g/mol. The molecule has 1 aromatic carbocycles. The van der Waals surface area contributed by atoms with Crippen LogP contribution in [0.5, 0.6) is 0 Å². The largest absolute Gasteiger partial charge is 0.335 e. The Morgan fingerprint density at radius 2 is 1.96 bits per heavy atom. The second-order valence-corrected chi connectivity index (χ2v) is 5.70. The van der Waals surface area contributed by atoms with Crippen molar-refractivity contribution in [3.05, 3.63) is 40.9 Å². The second-order valence-electron chi connectivity index (χ2n) is 5.70. The van der Waals surface area contributed by atoms with Gasteiger partial charge in [0.05, 0.1) is 17.2 Å². The van der Waals surface area contributed by atoms with E-state index in [-0.39, 0.29) is 18.1 Å². The van der Waals surface area contributed by atoms with Crippen LogP contribution in [0.15, 0.2) is 35.4 Å². The lowest BCUT2D eigenvalue weighted by Crippen LogP contribution is -2.45. The standard InChI is InChI=1S/C16H18N4O3/c21-14(19-16(23)18-11-5-1-2-6-11)9-20-10-17-13-8-4-3-7-12(13)15(20)22/h3-4,7-8,10-11H,1-2,5-6,9H2,(H2,18,19,21,23). The topological polar surface area (TPSA) is 93.1 Å². The van der Waals surface area contributed by atoms with Crippen LogP contribution < -0.4 is 16.2 Å². The number of urea groups is 1. The summed E-state index contributed by atoms with van der Waals surface area (Å²) in [5.74, 6) is -0.542. The van der Waals surface area contributed by atoms with Gasteiger partial charge in [-0.05, 0) is 25.0 Å². The van der Waals surface area contributed by atoms with Gasteiger partial charge in [0, 0.05) is 6.04 Å². The third-order valence-corrected chi connectivity index (χ3v) is 3.99. The van der Waals surface area contributed by atoms with Gasteiger partial charge >= 0.3 is 6.03 Å². The van der Waals surface area contributed by atoms with E-state index in [1.807, 2.05) is 0 Å². The Hall–Kier alpha value is -2.70. The minimum Gasteiger partial charge on any atom is -0.335 e. The number of imide groups is 1. The molecule has 0 unspecified atom stereocenters. The van der Waals surface area contributed by atoms with Crippen LogP contribution in [0.2, 0.25) is 0 Å². The molecule has 0 atom stereocenters. The van der Waals surface area contributed by atoms with E-state index in [0.717, 1.165) is 25.7 Å². The Labute approximate surface area is 132 Å². The lowest BCUT2D eigenvalue weighted by molar-refractivity contribution is -0.120. The quantitative estimate of drug-likeness (QED) is 0.889. The molecule has 2 N–H and O–H groups in total. The molecule has 1 aromatic heterocycles. The number of carbonyl (C=O) groups is 2. The third kappa shape index (κ3) is 3.56. The predicted molar refractivity (Wildman–Crippen MR) is 84.9 cm³/mol. The molecule has 23 heavy (non-hydrogen) atoms. The van der Waals surface area contributed by atoms with Crippen molar-refractivity contribution in [3.8, 4) is 0 Å². The molecule has 0 radical (unpaired) electrons. The molecule has 7 heteroatoms. The van der Waals surface area contributed by atoms with Crippen molar-refractivity contribution in [2.24, 2.45) is 0 Å². The normalized spacial score (nSPS) is 14.8. The van der Waals surface area contributed by atoms with Crippen LogP contribution in [0.25, 0.3) is 10.9 Å². The first-order chi connectivity index (χ1) is 11.1. The first-order valence-electron chi connectivity index (χ1n) is 7.68. The Morgan fingerprint density at radius 3 is 2.74 bits per heavy atom. The molecule has 0 saturated heterocycles. The zero-order valence-corrected chi connectivity index (χ0v) is 12.6. The molecule has 1 aliphatic carbocycles. The van der Waals surface area contributed by atoms with E-state index in [1.165, 1.54) is 10.9 Å². The van der Waals surface area contributed by atoms with Crippen molar-refractivity contribution in [3.63, 3.8) is 0 Å². The van der Waals surface area contributed by atoms with Crippen LogP contribution in [0.4, 0.5) is 4.79 Å². The SMILES string of the molecule is O=C(Cn1cnc2ccccc2c1=O)NC(=O)NC1CCCC1. The summed E-state index contributed by atoms with van der Waals surface area (Å²) in [6, 6.07) is 6.54. The van der Waals surface area contributed by atoms with E-state index in [2.05, 4.69) is 15.6 Å². The number of benzene rings is 1. The Balaban J connectivity index is 1.64. The van der Waals surface area contributed by atoms with Gasteiger partial charge in [-0.25, -0.2) is 9.78 Å². The van der Waals surface area contributed by atoms with Gasteiger partial charge in [-0.1, -0.05) is 25.0 Å². The van der Waals surface area contributed by atoms with Gasteiger partial charge in [-0.15, -0.1) is 0 Å². The molecule has 1 saturated carbocycles. The van der Waals surface area contributed by atoms with Gasteiger partial charge in [0.15, 0.2) is 0 Å². The van der Waals surface area contributed by atoms with Crippen LogP contribution >= 0.6 is 0 Å². The molecular formula is C16H18N4O3. The van der Waals surface area contributed by atoms with Crippen LogP contribution in [0.1, 0.15) is 25.7 Å². The fourth-order valence-corrected chi connectivity index (χ4v) is 2.83. The van der Waals surface area contributed by atoms with E-state index in [4.69, 9.17) is 0 Å². The first kappa shape index (κ1) is 15.2. The predicted octanol–water partition coefficient (Wildman–Crippen LogP) is 1.16. The molecule has 3 amide bonds. The second kappa shape index (κ2) is 6.60. The minimum absolute atomic E-state index is 0.132. The lowest BCUT2D eigenvalue weighted by atomic mass is 10.2. The molecule has 0 bridgehead atoms. The maximum absolute atomic E-state index is 12.3. The highest BCUT2D eigenvalue weighted by atomic mass is 16.2. The molecule has 120 valence electrons. The van der Waals surface area contributed by atoms with E-state index >= 15 is 0 Å². The van der Waals surface area contributed by atoms with Crippen molar-refractivity contribution in [1.82, 2.24) is 20.2 Å². The fraction of sp³-hybridized carbons (Fsp3) is 0.375. The minimum atomic E-state index is -0.542. The summed E-state index contributed by atoms with van der Waals surface area (Å²) in [5.41, 5.74) is 0.273. The number of amides is 3. The molecule has 1 heterocycles. The van der Waals surface area contributed by atoms with E-state index < -0.39 is 11.9 Å². The fourth-order valence-electron chi connectivity index (χ4n) is 2.83. The average Bonchev–Trinajstić information content (AvgIpc) is 3.03. The summed E-state index contributed by atoms with van der Waals surface area (Å²) >= 11 is 0.